The van der Waals surface area contributed by atoms with Gasteiger partial charge in [-0.05, 0) is 48.1 Å². The van der Waals surface area contributed by atoms with Gasteiger partial charge in [-0.25, -0.2) is 4.79 Å². The lowest BCUT2D eigenvalue weighted by Gasteiger charge is -2.23. The van der Waals surface area contributed by atoms with Gasteiger partial charge in [0, 0.05) is 67.9 Å². The number of rotatable bonds is 11. The largest absolute Gasteiger partial charge is 0.493 e. The van der Waals surface area contributed by atoms with Gasteiger partial charge in [0.15, 0.2) is 11.5 Å². The van der Waals surface area contributed by atoms with Crippen molar-refractivity contribution in [3.63, 3.8) is 0 Å². The summed E-state index contributed by atoms with van der Waals surface area (Å²) < 4.78 is 24.9. The number of benzene rings is 2. The lowest BCUT2D eigenvalue weighted by atomic mass is 9.99. The summed E-state index contributed by atoms with van der Waals surface area (Å²) in [5.41, 5.74) is 7.53. The Morgan fingerprint density at radius 2 is 1.83 bits per heavy atom. The van der Waals surface area contributed by atoms with Crippen molar-refractivity contribution in [1.82, 2.24) is 19.7 Å². The highest BCUT2D eigenvalue weighted by molar-refractivity contribution is 5.89. The number of nitrogen functional groups attached to an aromatic ring is 1. The molecule has 4 heterocycles. The van der Waals surface area contributed by atoms with Crippen molar-refractivity contribution in [3.8, 4) is 34.3 Å². The minimum absolute atomic E-state index is 0.239. The van der Waals surface area contributed by atoms with E-state index in [9.17, 15) is 14.7 Å². The molecule has 3 N–H and O–H groups in total. The van der Waals surface area contributed by atoms with E-state index < -0.39 is 11.4 Å². The van der Waals surface area contributed by atoms with Crippen LogP contribution in [0.15, 0.2) is 78.0 Å². The monoisotopic (exact) mass is 623 g/mol. The molecule has 0 saturated carbocycles. The quantitative estimate of drug-likeness (QED) is 0.204. The van der Waals surface area contributed by atoms with Gasteiger partial charge >= 0.3 is 5.97 Å². The topological polar surface area (TPSA) is 161 Å². The molecule has 12 heteroatoms. The zero-order chi connectivity index (χ0) is 32.0. The van der Waals surface area contributed by atoms with Crippen molar-refractivity contribution < 1.29 is 28.8 Å². The van der Waals surface area contributed by atoms with Gasteiger partial charge in [0.05, 0.1) is 19.2 Å². The second-order valence-electron chi connectivity index (χ2n) is 11.0. The van der Waals surface area contributed by atoms with Gasteiger partial charge in [0.1, 0.15) is 17.1 Å². The van der Waals surface area contributed by atoms with Crippen LogP contribution in [0.1, 0.15) is 28.8 Å². The molecule has 0 radical (unpaired) electrons. The molecular weight excluding hydrogens is 590 g/mol. The zero-order valence-electron chi connectivity index (χ0n) is 25.2. The molecule has 0 aliphatic carbocycles. The Balaban J connectivity index is 1.17. The van der Waals surface area contributed by atoms with Crippen LogP contribution in [0, 0.1) is 5.92 Å². The highest BCUT2D eigenvalue weighted by Crippen LogP contribution is 2.37. The number of carboxylic acids is 1. The van der Waals surface area contributed by atoms with E-state index in [2.05, 4.69) is 15.2 Å². The molecule has 3 aromatic heterocycles. The molecule has 2 aromatic carbocycles. The minimum atomic E-state index is -1.24. The third-order valence-electron chi connectivity index (χ3n) is 7.89. The maximum absolute atomic E-state index is 13.1. The summed E-state index contributed by atoms with van der Waals surface area (Å²) >= 11 is 0. The molecular formula is C34H33N5O7. The third kappa shape index (κ3) is 6.92. The van der Waals surface area contributed by atoms with E-state index in [-0.39, 0.29) is 11.4 Å². The maximum atomic E-state index is 13.1. The number of hydrogen-bond donors (Lipinski definition) is 2. The SMILES string of the molecule is COc1cc2nccc(Oc3ccc(N)nn3)c2cc1OCCc1ccc(-c2cn(CC3CCOCC3)cc(C(=O)O)c2=O)cc1. The van der Waals surface area contributed by atoms with Crippen LogP contribution in [-0.4, -0.2) is 57.8 Å². The molecule has 0 unspecified atom stereocenters. The molecule has 6 rings (SSSR count). The Morgan fingerprint density at radius 1 is 1.02 bits per heavy atom. The first kappa shape index (κ1) is 30.5. The standard InChI is InChI=1S/C34H33N5O7/c1-43-29-17-27-24(28(8-12-36-27)46-32-7-6-31(35)37-38-32)16-30(29)45-15-11-21-2-4-23(5-3-21)25-19-39(18-22-9-13-44-14-10-22)20-26(33(25)40)34(41)42/h2-8,12,16-17,19-20,22H,9-11,13-15,18H2,1H3,(H2,35,37)(H,41,42). The summed E-state index contributed by atoms with van der Waals surface area (Å²) in [4.78, 5) is 29.4. The fraction of sp³-hybridized carbons (Fsp3) is 0.265. The van der Waals surface area contributed by atoms with Gasteiger partial charge < -0.3 is 34.4 Å². The number of aromatic nitrogens is 4. The average molecular weight is 624 g/mol. The van der Waals surface area contributed by atoms with Crippen LogP contribution in [0.2, 0.25) is 0 Å². The molecule has 0 amide bonds. The second-order valence-corrected chi connectivity index (χ2v) is 11.0. The van der Waals surface area contributed by atoms with Gasteiger partial charge in [-0.2, -0.15) is 0 Å². The first-order chi connectivity index (χ1) is 22.4. The Bertz CT molecular complexity index is 1900. The molecule has 12 nitrogen and oxygen atoms in total. The maximum Gasteiger partial charge on any atom is 0.341 e. The summed E-state index contributed by atoms with van der Waals surface area (Å²) in [5, 5.41) is 18.2. The van der Waals surface area contributed by atoms with Crippen molar-refractivity contribution in [2.45, 2.75) is 25.8 Å². The molecule has 0 atom stereocenters. The highest BCUT2D eigenvalue weighted by atomic mass is 16.5. The summed E-state index contributed by atoms with van der Waals surface area (Å²) in [6.45, 7) is 2.35. The highest BCUT2D eigenvalue weighted by Gasteiger charge is 2.19. The number of fused-ring (bicyclic) bond motifs is 1. The number of anilines is 1. The second kappa shape index (κ2) is 13.7. The molecule has 5 aromatic rings. The molecule has 1 aliphatic heterocycles. The number of aromatic carboxylic acids is 1. The lowest BCUT2D eigenvalue weighted by Crippen LogP contribution is -2.24. The summed E-state index contributed by atoms with van der Waals surface area (Å²) in [6, 6.07) is 16.0. The fourth-order valence-electron chi connectivity index (χ4n) is 5.44. The van der Waals surface area contributed by atoms with E-state index in [4.69, 9.17) is 24.7 Å². The van der Waals surface area contributed by atoms with Crippen LogP contribution < -0.4 is 25.4 Å². The van der Waals surface area contributed by atoms with Crippen LogP contribution in [0.25, 0.3) is 22.0 Å². The Morgan fingerprint density at radius 3 is 2.54 bits per heavy atom. The number of methoxy groups -OCH3 is 1. The van der Waals surface area contributed by atoms with Gasteiger partial charge in [-0.1, -0.05) is 24.3 Å². The molecule has 0 spiro atoms. The number of hydrogen-bond acceptors (Lipinski definition) is 10. The van der Waals surface area contributed by atoms with E-state index >= 15 is 0 Å². The average Bonchev–Trinajstić information content (AvgIpc) is 3.07. The number of nitrogens with two attached hydrogens (primary N) is 1. The Kier molecular flexibility index (Phi) is 9.06. The number of nitrogens with zero attached hydrogens (tertiary/aromatic N) is 4. The zero-order valence-corrected chi connectivity index (χ0v) is 25.2. The smallest absolute Gasteiger partial charge is 0.341 e. The van der Waals surface area contributed by atoms with Gasteiger partial charge in [0.25, 0.3) is 0 Å². The van der Waals surface area contributed by atoms with Crippen LogP contribution >= 0.6 is 0 Å². The molecule has 46 heavy (non-hydrogen) atoms. The summed E-state index contributed by atoms with van der Waals surface area (Å²) in [6.07, 6.45) is 7.19. The molecule has 1 saturated heterocycles. The Hall–Kier alpha value is -5.49. The number of carboxylic acid groups (broad SMARTS) is 1. The van der Waals surface area contributed by atoms with E-state index in [0.29, 0.717) is 83.8 Å². The predicted molar refractivity (Wildman–Crippen MR) is 171 cm³/mol. The summed E-state index contributed by atoms with van der Waals surface area (Å²) in [5.74, 6) is 1.27. The van der Waals surface area contributed by atoms with Crippen molar-refractivity contribution in [3.05, 3.63) is 94.5 Å². The lowest BCUT2D eigenvalue weighted by molar-refractivity contribution is 0.0609. The molecule has 236 valence electrons. The van der Waals surface area contributed by atoms with Crippen LogP contribution in [0.4, 0.5) is 5.82 Å². The normalized spacial score (nSPS) is 13.4. The molecule has 1 aliphatic rings. The summed E-state index contributed by atoms with van der Waals surface area (Å²) in [7, 11) is 1.56. The first-order valence-corrected chi connectivity index (χ1v) is 14.9. The molecule has 0 bridgehead atoms. The van der Waals surface area contributed by atoms with E-state index in [1.807, 2.05) is 34.9 Å². The van der Waals surface area contributed by atoms with Crippen LogP contribution in [0.3, 0.4) is 0 Å². The third-order valence-corrected chi connectivity index (χ3v) is 7.89. The van der Waals surface area contributed by atoms with Crippen molar-refractivity contribution in [2.75, 3.05) is 32.7 Å². The van der Waals surface area contributed by atoms with Gasteiger partial charge in [-0.3, -0.25) is 9.78 Å². The molecule has 1 fully saturated rings. The van der Waals surface area contributed by atoms with Crippen LogP contribution in [-0.2, 0) is 17.7 Å². The van der Waals surface area contributed by atoms with Crippen molar-refractivity contribution in [1.29, 1.82) is 0 Å². The Labute approximate surface area is 264 Å². The van der Waals surface area contributed by atoms with Crippen molar-refractivity contribution in [2.24, 2.45) is 5.92 Å². The number of ether oxygens (including phenoxy) is 4. The number of carbonyl (C=O) groups is 1. The van der Waals surface area contributed by atoms with E-state index in [1.54, 1.807) is 43.8 Å². The van der Waals surface area contributed by atoms with Crippen LogP contribution in [0.5, 0.6) is 23.1 Å². The fourth-order valence-corrected chi connectivity index (χ4v) is 5.44. The van der Waals surface area contributed by atoms with Gasteiger partial charge in [-0.15, -0.1) is 10.2 Å². The first-order valence-electron chi connectivity index (χ1n) is 14.9. The predicted octanol–water partition coefficient (Wildman–Crippen LogP) is 4.98. The minimum Gasteiger partial charge on any atom is -0.493 e. The van der Waals surface area contributed by atoms with Crippen molar-refractivity contribution >= 4 is 22.7 Å². The van der Waals surface area contributed by atoms with E-state index in [0.717, 1.165) is 18.4 Å². The van der Waals surface area contributed by atoms with E-state index in [1.165, 1.54) is 6.20 Å². The van der Waals surface area contributed by atoms with Gasteiger partial charge in [0.2, 0.25) is 11.3 Å². The number of pyridine rings is 2.